The summed E-state index contributed by atoms with van der Waals surface area (Å²) in [6.07, 6.45) is 2.02. The van der Waals surface area contributed by atoms with E-state index in [9.17, 15) is 4.79 Å². The highest BCUT2D eigenvalue weighted by Crippen LogP contribution is 2.15. The molecule has 2 heterocycles. The van der Waals surface area contributed by atoms with Crippen LogP contribution in [-0.2, 0) is 4.74 Å². The average Bonchev–Trinajstić information content (AvgIpc) is 2.46. The fraction of sp³-hybridized carbons (Fsp3) is 0.500. The molecule has 0 bridgehead atoms. The van der Waals surface area contributed by atoms with Gasteiger partial charge in [0.05, 0.1) is 24.4 Å². The number of carbonyl (C=O) groups is 1. The summed E-state index contributed by atoms with van der Waals surface area (Å²) in [5.41, 5.74) is 0.965. The zero-order chi connectivity index (χ0) is 15.2. The highest BCUT2D eigenvalue weighted by atomic mass is 16.5. The van der Waals surface area contributed by atoms with Crippen molar-refractivity contribution >= 4 is 5.91 Å². The number of aliphatic hydroxyl groups is 1. The number of pyridine rings is 1. The molecule has 0 radical (unpaired) electrons. The maximum atomic E-state index is 12.6. The van der Waals surface area contributed by atoms with Crippen LogP contribution in [0.25, 0.3) is 0 Å². The van der Waals surface area contributed by atoms with Gasteiger partial charge in [0.2, 0.25) is 0 Å². The molecule has 1 fully saturated rings. The number of aliphatic hydroxyl groups excluding tert-OH is 1. The molecule has 0 aromatic carbocycles. The minimum atomic E-state index is -0.120. The van der Waals surface area contributed by atoms with Crippen LogP contribution >= 0.6 is 0 Å². The second kappa shape index (κ2) is 7.21. The SMILES string of the molecule is CC1CN(C(=O)c2ncccc2C#CCCO)CC(C)O1. The molecule has 5 nitrogen and oxygen atoms in total. The molecule has 2 unspecified atom stereocenters. The topological polar surface area (TPSA) is 62.7 Å². The molecule has 1 aliphatic heterocycles. The first-order chi connectivity index (χ1) is 10.1. The van der Waals surface area contributed by atoms with E-state index in [4.69, 9.17) is 9.84 Å². The number of aromatic nitrogens is 1. The van der Waals surface area contributed by atoms with E-state index in [2.05, 4.69) is 16.8 Å². The van der Waals surface area contributed by atoms with Crippen molar-refractivity contribution in [2.75, 3.05) is 19.7 Å². The minimum Gasteiger partial charge on any atom is -0.395 e. The van der Waals surface area contributed by atoms with Crippen LogP contribution in [0.15, 0.2) is 18.3 Å². The third-order valence-electron chi connectivity index (χ3n) is 3.18. The second-order valence-corrected chi connectivity index (χ2v) is 5.14. The molecule has 1 aliphatic rings. The molecule has 5 heteroatoms. The van der Waals surface area contributed by atoms with Crippen LogP contribution in [0, 0.1) is 11.8 Å². The molecule has 21 heavy (non-hydrogen) atoms. The lowest BCUT2D eigenvalue weighted by Gasteiger charge is -2.35. The summed E-state index contributed by atoms with van der Waals surface area (Å²) in [7, 11) is 0. The maximum Gasteiger partial charge on any atom is 0.273 e. The van der Waals surface area contributed by atoms with Crippen molar-refractivity contribution in [3.05, 3.63) is 29.6 Å². The van der Waals surface area contributed by atoms with Gasteiger partial charge in [-0.3, -0.25) is 4.79 Å². The average molecular weight is 288 g/mol. The molecule has 1 amide bonds. The summed E-state index contributed by atoms with van der Waals surface area (Å²) in [6.45, 7) is 5.04. The normalized spacial score (nSPS) is 21.6. The number of carbonyl (C=O) groups excluding carboxylic acids is 1. The number of hydrogen-bond donors (Lipinski definition) is 1. The third kappa shape index (κ3) is 4.03. The first kappa shape index (κ1) is 15.5. The van der Waals surface area contributed by atoms with Gasteiger partial charge < -0.3 is 14.7 Å². The quantitative estimate of drug-likeness (QED) is 0.827. The van der Waals surface area contributed by atoms with Gasteiger partial charge in [-0.05, 0) is 26.0 Å². The van der Waals surface area contributed by atoms with Gasteiger partial charge in [0, 0.05) is 25.7 Å². The summed E-state index contributed by atoms with van der Waals surface area (Å²) < 4.78 is 5.64. The molecule has 0 saturated carbocycles. The van der Waals surface area contributed by atoms with Crippen molar-refractivity contribution in [2.24, 2.45) is 0 Å². The van der Waals surface area contributed by atoms with Gasteiger partial charge in [0.25, 0.3) is 5.91 Å². The van der Waals surface area contributed by atoms with E-state index < -0.39 is 0 Å². The Bertz CT molecular complexity index is 552. The molecule has 1 aromatic heterocycles. The van der Waals surface area contributed by atoms with Crippen molar-refractivity contribution in [1.82, 2.24) is 9.88 Å². The standard InChI is InChI=1S/C16H20N2O3/c1-12-10-18(11-13(2)21-12)16(20)15-14(6-3-4-9-19)7-5-8-17-15/h5,7-8,12-13,19H,4,9-11H2,1-2H3. The van der Waals surface area contributed by atoms with Crippen molar-refractivity contribution in [3.63, 3.8) is 0 Å². The van der Waals surface area contributed by atoms with Gasteiger partial charge in [0.15, 0.2) is 0 Å². The first-order valence-electron chi connectivity index (χ1n) is 7.11. The molecule has 1 saturated heterocycles. The number of amides is 1. The van der Waals surface area contributed by atoms with E-state index >= 15 is 0 Å². The molecule has 1 N–H and O–H groups in total. The molecule has 0 spiro atoms. The summed E-state index contributed by atoms with van der Waals surface area (Å²) in [6, 6.07) is 3.53. The zero-order valence-electron chi connectivity index (χ0n) is 12.4. The number of nitrogens with zero attached hydrogens (tertiary/aromatic N) is 2. The van der Waals surface area contributed by atoms with Crippen molar-refractivity contribution in [2.45, 2.75) is 32.5 Å². The lowest BCUT2D eigenvalue weighted by molar-refractivity contribution is -0.0587. The first-order valence-corrected chi connectivity index (χ1v) is 7.11. The Hall–Kier alpha value is -1.90. The molecule has 0 aliphatic carbocycles. The smallest absolute Gasteiger partial charge is 0.273 e. The molecule has 112 valence electrons. The lowest BCUT2D eigenvalue weighted by atomic mass is 10.1. The number of rotatable bonds is 2. The molecule has 1 aromatic rings. The van der Waals surface area contributed by atoms with Crippen LogP contribution in [-0.4, -0.2) is 52.8 Å². The third-order valence-corrected chi connectivity index (χ3v) is 3.18. The zero-order valence-corrected chi connectivity index (χ0v) is 12.4. The fourth-order valence-corrected chi connectivity index (χ4v) is 2.38. The second-order valence-electron chi connectivity index (χ2n) is 5.14. The van der Waals surface area contributed by atoms with Crippen LogP contribution < -0.4 is 0 Å². The Balaban J connectivity index is 2.21. The van der Waals surface area contributed by atoms with E-state index in [0.717, 1.165) is 0 Å². The highest BCUT2D eigenvalue weighted by Gasteiger charge is 2.28. The number of hydrogen-bond acceptors (Lipinski definition) is 4. The van der Waals surface area contributed by atoms with Gasteiger partial charge in [0.1, 0.15) is 5.69 Å². The van der Waals surface area contributed by atoms with E-state index in [0.29, 0.717) is 30.8 Å². The Labute approximate surface area is 124 Å². The van der Waals surface area contributed by atoms with Gasteiger partial charge in [-0.2, -0.15) is 0 Å². The predicted octanol–water partition coefficient (Wildman–Crippen LogP) is 1.06. The fourth-order valence-electron chi connectivity index (χ4n) is 2.38. The van der Waals surface area contributed by atoms with Crippen molar-refractivity contribution in [3.8, 4) is 11.8 Å². The van der Waals surface area contributed by atoms with Gasteiger partial charge >= 0.3 is 0 Å². The van der Waals surface area contributed by atoms with Crippen LogP contribution in [0.2, 0.25) is 0 Å². The van der Waals surface area contributed by atoms with Gasteiger partial charge in [-0.25, -0.2) is 4.98 Å². The summed E-state index contributed by atoms with van der Waals surface area (Å²) in [5, 5.41) is 8.78. The Morgan fingerprint density at radius 2 is 2.19 bits per heavy atom. The molecular weight excluding hydrogens is 268 g/mol. The predicted molar refractivity (Wildman–Crippen MR) is 78.7 cm³/mol. The van der Waals surface area contributed by atoms with Crippen molar-refractivity contribution < 1.29 is 14.6 Å². The van der Waals surface area contributed by atoms with E-state index in [-0.39, 0.29) is 24.7 Å². The summed E-state index contributed by atoms with van der Waals surface area (Å²) in [4.78, 5) is 18.6. The summed E-state index contributed by atoms with van der Waals surface area (Å²) >= 11 is 0. The Morgan fingerprint density at radius 1 is 1.48 bits per heavy atom. The van der Waals surface area contributed by atoms with E-state index in [1.54, 1.807) is 23.2 Å². The van der Waals surface area contributed by atoms with Crippen molar-refractivity contribution in [1.29, 1.82) is 0 Å². The van der Waals surface area contributed by atoms with Crippen LogP contribution in [0.4, 0.5) is 0 Å². The highest BCUT2D eigenvalue weighted by molar-refractivity contribution is 5.94. The number of morpholine rings is 1. The molecule has 2 atom stereocenters. The van der Waals surface area contributed by atoms with Crippen LogP contribution in [0.5, 0.6) is 0 Å². The maximum absolute atomic E-state index is 12.6. The minimum absolute atomic E-state index is 0.00896. The summed E-state index contributed by atoms with van der Waals surface area (Å²) in [5.74, 6) is 5.62. The van der Waals surface area contributed by atoms with Gasteiger partial charge in [-0.1, -0.05) is 11.8 Å². The van der Waals surface area contributed by atoms with E-state index in [1.807, 2.05) is 13.8 Å². The Morgan fingerprint density at radius 3 is 2.86 bits per heavy atom. The lowest BCUT2D eigenvalue weighted by Crippen LogP contribution is -2.48. The van der Waals surface area contributed by atoms with Crippen LogP contribution in [0.3, 0.4) is 0 Å². The molecule has 2 rings (SSSR count). The largest absolute Gasteiger partial charge is 0.395 e. The monoisotopic (exact) mass is 288 g/mol. The van der Waals surface area contributed by atoms with E-state index in [1.165, 1.54) is 0 Å². The number of ether oxygens (including phenoxy) is 1. The van der Waals surface area contributed by atoms with Gasteiger partial charge in [-0.15, -0.1) is 0 Å². The van der Waals surface area contributed by atoms with Crippen LogP contribution in [0.1, 0.15) is 36.3 Å². The Kier molecular flexibility index (Phi) is 5.32. The molecular formula is C16H20N2O3.